The number of carbonyl (C=O) groups is 1. The van der Waals surface area contributed by atoms with Crippen molar-refractivity contribution in [2.45, 2.75) is 96.1 Å². The van der Waals surface area contributed by atoms with Gasteiger partial charge in [0.05, 0.1) is 11.6 Å². The molecule has 2 aliphatic rings. The Balaban J connectivity index is 1.61. The van der Waals surface area contributed by atoms with Gasteiger partial charge in [-0.2, -0.15) is 13.2 Å². The topological polar surface area (TPSA) is 96.2 Å². The van der Waals surface area contributed by atoms with E-state index in [4.69, 9.17) is 4.98 Å². The monoisotopic (exact) mass is 558 g/mol. The van der Waals surface area contributed by atoms with Crippen LogP contribution in [0, 0.1) is 5.92 Å². The van der Waals surface area contributed by atoms with E-state index in [0.717, 1.165) is 44.2 Å². The van der Waals surface area contributed by atoms with E-state index in [1.807, 2.05) is 4.57 Å². The number of anilines is 1. The van der Waals surface area contributed by atoms with E-state index >= 15 is 0 Å². The van der Waals surface area contributed by atoms with E-state index in [1.165, 1.54) is 31.4 Å². The number of hydrogen-bond acceptors (Lipinski definition) is 6. The molecule has 40 heavy (non-hydrogen) atoms. The van der Waals surface area contributed by atoms with Crippen LogP contribution in [0.5, 0.6) is 0 Å². The average molecular weight is 559 g/mol. The lowest BCUT2D eigenvalue weighted by Crippen LogP contribution is -2.36. The van der Waals surface area contributed by atoms with Gasteiger partial charge < -0.3 is 15.0 Å². The second kappa shape index (κ2) is 11.3. The van der Waals surface area contributed by atoms with Crippen molar-refractivity contribution in [1.29, 1.82) is 0 Å². The molecule has 2 aliphatic carbocycles. The first-order valence-corrected chi connectivity index (χ1v) is 14.2. The van der Waals surface area contributed by atoms with E-state index in [0.29, 0.717) is 34.7 Å². The summed E-state index contributed by atoms with van der Waals surface area (Å²) in [5, 5.41) is 13.2. The molecule has 2 fully saturated rings. The fourth-order valence-electron chi connectivity index (χ4n) is 5.97. The van der Waals surface area contributed by atoms with Crippen LogP contribution in [0.3, 0.4) is 0 Å². The molecule has 2 saturated carbocycles. The van der Waals surface area contributed by atoms with Crippen molar-refractivity contribution in [3.05, 3.63) is 47.0 Å². The maximum atomic E-state index is 13.2. The molecule has 0 spiro atoms. The number of carboxylic acids is 1. The molecule has 5 rings (SSSR count). The summed E-state index contributed by atoms with van der Waals surface area (Å²) in [5.41, 5.74) is 0.793. The molecular weight excluding hydrogens is 521 g/mol. The van der Waals surface area contributed by atoms with Crippen LogP contribution in [0.4, 0.5) is 19.0 Å². The van der Waals surface area contributed by atoms with Crippen LogP contribution in [0.2, 0.25) is 0 Å². The number of benzene rings is 1. The summed E-state index contributed by atoms with van der Waals surface area (Å²) < 4.78 is 41.6. The fourth-order valence-corrected chi connectivity index (χ4v) is 5.97. The highest BCUT2D eigenvalue weighted by molar-refractivity contribution is 5.90. The fraction of sp³-hybridized carbons (Fsp3) is 0.586. The Hall–Kier alpha value is -3.21. The van der Waals surface area contributed by atoms with Crippen molar-refractivity contribution in [1.82, 2.24) is 24.4 Å². The zero-order valence-corrected chi connectivity index (χ0v) is 23.2. The van der Waals surface area contributed by atoms with Gasteiger partial charge in [0, 0.05) is 18.6 Å². The van der Waals surface area contributed by atoms with E-state index in [9.17, 15) is 23.1 Å². The van der Waals surface area contributed by atoms with Gasteiger partial charge in [-0.25, -0.2) is 19.7 Å². The minimum absolute atomic E-state index is 0.0636. The van der Waals surface area contributed by atoms with Crippen molar-refractivity contribution >= 4 is 23.0 Å². The Morgan fingerprint density at radius 3 is 2.30 bits per heavy atom. The lowest BCUT2D eigenvalue weighted by molar-refractivity contribution is -0.137. The summed E-state index contributed by atoms with van der Waals surface area (Å²) in [6, 6.07) is 5.44. The molecule has 0 radical (unpaired) electrons. The molecule has 3 aromatic rings. The summed E-state index contributed by atoms with van der Waals surface area (Å²) in [7, 11) is 2.08. The third-order valence-electron chi connectivity index (χ3n) is 8.80. The molecule has 2 atom stereocenters. The van der Waals surface area contributed by atoms with Crippen LogP contribution in [0.1, 0.15) is 98.8 Å². The van der Waals surface area contributed by atoms with Crippen LogP contribution in [-0.4, -0.2) is 54.6 Å². The molecule has 8 nitrogen and oxygen atoms in total. The lowest BCUT2D eigenvalue weighted by atomic mass is 9.80. The second-order valence-corrected chi connectivity index (χ2v) is 11.4. The van der Waals surface area contributed by atoms with Crippen LogP contribution < -0.4 is 5.32 Å². The first kappa shape index (κ1) is 28.3. The molecule has 1 aromatic carbocycles. The lowest BCUT2D eigenvalue weighted by Gasteiger charge is -2.35. The van der Waals surface area contributed by atoms with Gasteiger partial charge >= 0.3 is 12.1 Å². The van der Waals surface area contributed by atoms with Gasteiger partial charge in [-0.15, -0.1) is 0 Å². The molecule has 0 saturated heterocycles. The maximum Gasteiger partial charge on any atom is 0.416 e. The minimum atomic E-state index is -4.42. The number of carboxylic acid groups (broad SMARTS) is 1. The molecule has 11 heteroatoms. The zero-order valence-electron chi connectivity index (χ0n) is 23.2. The highest BCUT2D eigenvalue weighted by atomic mass is 19.4. The van der Waals surface area contributed by atoms with Crippen LogP contribution in [0.15, 0.2) is 24.3 Å². The van der Waals surface area contributed by atoms with E-state index in [2.05, 4.69) is 41.1 Å². The molecule has 2 unspecified atom stereocenters. The number of alkyl halides is 3. The second-order valence-electron chi connectivity index (χ2n) is 11.4. The van der Waals surface area contributed by atoms with Gasteiger partial charge in [-0.05, 0) is 70.2 Å². The average Bonchev–Trinajstić information content (AvgIpc) is 3.25. The summed E-state index contributed by atoms with van der Waals surface area (Å²) in [5.74, 6) is -0.0539. The number of aromatic carboxylic acids is 1. The number of rotatable bonds is 9. The smallest absolute Gasteiger partial charge is 0.416 e. The first-order chi connectivity index (χ1) is 19.0. The predicted octanol–water partition coefficient (Wildman–Crippen LogP) is 6.52. The number of imidazole rings is 1. The summed E-state index contributed by atoms with van der Waals surface area (Å²) in [4.78, 5) is 27.8. The van der Waals surface area contributed by atoms with E-state index in [-0.39, 0.29) is 30.1 Å². The summed E-state index contributed by atoms with van der Waals surface area (Å²) in [6.45, 7) is 4.37. The molecule has 2 N–H and O–H groups in total. The van der Waals surface area contributed by atoms with Crippen LogP contribution >= 0.6 is 0 Å². The first-order valence-electron chi connectivity index (χ1n) is 14.2. The molecule has 216 valence electrons. The molecule has 0 bridgehead atoms. The van der Waals surface area contributed by atoms with Gasteiger partial charge in [-0.3, -0.25) is 4.90 Å². The minimum Gasteiger partial charge on any atom is -0.475 e. The normalized spacial score (nSPS) is 18.6. The van der Waals surface area contributed by atoms with Crippen molar-refractivity contribution in [2.75, 3.05) is 12.4 Å². The van der Waals surface area contributed by atoms with Crippen molar-refractivity contribution in [3.63, 3.8) is 0 Å². The van der Waals surface area contributed by atoms with E-state index < -0.39 is 17.7 Å². The Labute approximate surface area is 232 Å². The Kier molecular flexibility index (Phi) is 8.03. The number of halogens is 3. The van der Waals surface area contributed by atoms with Crippen molar-refractivity contribution in [3.8, 4) is 0 Å². The number of nitrogens with zero attached hydrogens (tertiary/aromatic N) is 5. The highest BCUT2D eigenvalue weighted by Gasteiger charge is 2.32. The molecular formula is C29H37F3N6O2. The summed E-state index contributed by atoms with van der Waals surface area (Å²) in [6.07, 6.45) is 4.68. The molecule has 0 aliphatic heterocycles. The zero-order chi connectivity index (χ0) is 28.6. The predicted molar refractivity (Wildman–Crippen MR) is 146 cm³/mol. The Morgan fingerprint density at radius 2 is 1.73 bits per heavy atom. The van der Waals surface area contributed by atoms with Crippen molar-refractivity contribution in [2.24, 2.45) is 5.92 Å². The third-order valence-corrected chi connectivity index (χ3v) is 8.80. The molecule has 2 aromatic heterocycles. The highest BCUT2D eigenvalue weighted by Crippen LogP contribution is 2.35. The number of fused-ring (bicyclic) bond motifs is 1. The number of hydrogen-bond donors (Lipinski definition) is 2. The Bertz CT molecular complexity index is 1350. The summed E-state index contributed by atoms with van der Waals surface area (Å²) >= 11 is 0. The van der Waals surface area contributed by atoms with Crippen LogP contribution in [-0.2, 0) is 12.7 Å². The SMILES string of the molecule is CC(Nc1nc(C(=O)O)nc2nc(C(C)N(C)C3CCCCC3)n(Cc3ccc(C(F)(F)F)cc3)c12)C1CCC1. The van der Waals surface area contributed by atoms with Gasteiger partial charge in [0.1, 0.15) is 11.3 Å². The third kappa shape index (κ3) is 5.80. The quantitative estimate of drug-likeness (QED) is 0.309. The standard InChI is InChI=1S/C29H37F3N6O2/c1-17(20-8-7-9-20)33-24-23-25(35-26(34-24)28(39)40)36-27(18(2)37(3)22-10-5-4-6-11-22)38(23)16-19-12-14-21(15-13-19)29(30,31)32/h12-15,17-18,20,22H,4-11,16H2,1-3H3,(H,39,40)(H,33,34,35). The molecule has 2 heterocycles. The van der Waals surface area contributed by atoms with Gasteiger partial charge in [-0.1, -0.05) is 37.8 Å². The number of nitrogens with one attached hydrogen (secondary N) is 1. The van der Waals surface area contributed by atoms with Crippen molar-refractivity contribution < 1.29 is 23.1 Å². The van der Waals surface area contributed by atoms with Gasteiger partial charge in [0.25, 0.3) is 0 Å². The molecule has 0 amide bonds. The largest absolute Gasteiger partial charge is 0.475 e. The number of aromatic nitrogens is 4. The Morgan fingerprint density at radius 1 is 1.05 bits per heavy atom. The van der Waals surface area contributed by atoms with E-state index in [1.54, 1.807) is 0 Å². The van der Waals surface area contributed by atoms with Gasteiger partial charge in [0.15, 0.2) is 11.5 Å². The van der Waals surface area contributed by atoms with Gasteiger partial charge in [0.2, 0.25) is 5.82 Å². The van der Waals surface area contributed by atoms with Crippen LogP contribution in [0.25, 0.3) is 11.2 Å². The maximum absolute atomic E-state index is 13.2.